The van der Waals surface area contributed by atoms with Gasteiger partial charge in [-0.3, -0.25) is 0 Å². The number of phenolic OH excluding ortho intramolecular Hbond substituents is 1. The Balaban J connectivity index is 1.59. The summed E-state index contributed by atoms with van der Waals surface area (Å²) in [5.74, 6) is -0.240. The Bertz CT molecular complexity index is 1170. The number of hydrogen-bond donors (Lipinski definition) is 4. The third-order valence-electron chi connectivity index (χ3n) is 4.14. The monoisotopic (exact) mass is 433 g/mol. The van der Waals surface area contributed by atoms with E-state index in [1.807, 2.05) is 0 Å². The van der Waals surface area contributed by atoms with Crippen LogP contribution in [0.4, 0.5) is 38.0 Å². The minimum absolute atomic E-state index is 0.0750. The van der Waals surface area contributed by atoms with Crippen molar-refractivity contribution in [1.29, 1.82) is 0 Å². The second kappa shape index (κ2) is 9.47. The number of nitrogens with one attached hydrogen (secondary N) is 3. The first-order chi connectivity index (χ1) is 15.5. The fourth-order valence-corrected chi connectivity index (χ4v) is 2.62. The summed E-state index contributed by atoms with van der Waals surface area (Å²) in [5, 5.41) is 19.8. The van der Waals surface area contributed by atoms with Gasteiger partial charge in [-0.15, -0.1) is 0 Å². The van der Waals surface area contributed by atoms with Gasteiger partial charge in [0, 0.05) is 16.9 Å². The lowest BCUT2D eigenvalue weighted by molar-refractivity contribution is 0.474. The van der Waals surface area contributed by atoms with Crippen molar-refractivity contribution < 1.29 is 13.9 Å². The normalized spacial score (nSPS) is 10.8. The highest BCUT2D eigenvalue weighted by Gasteiger charge is 2.08. The topological polar surface area (TPSA) is 107 Å². The number of rotatable bonds is 7. The zero-order chi connectivity index (χ0) is 22.3. The summed E-state index contributed by atoms with van der Waals surface area (Å²) < 4.78 is 26.4. The summed E-state index contributed by atoms with van der Waals surface area (Å²) in [6.45, 7) is 0. The summed E-state index contributed by atoms with van der Waals surface area (Å²) in [7, 11) is 0. The first-order valence-electron chi connectivity index (χ1n) is 9.43. The van der Waals surface area contributed by atoms with Crippen LogP contribution in [0.1, 0.15) is 5.56 Å². The number of hydrazone groups is 1. The number of aromatic nitrogens is 3. The van der Waals surface area contributed by atoms with Crippen molar-refractivity contribution in [3.8, 4) is 5.75 Å². The summed E-state index contributed by atoms with van der Waals surface area (Å²) >= 11 is 0. The molecule has 0 unspecified atom stereocenters. The van der Waals surface area contributed by atoms with E-state index in [0.29, 0.717) is 16.9 Å². The molecule has 0 aliphatic heterocycles. The molecule has 0 bridgehead atoms. The molecule has 0 aliphatic rings. The summed E-state index contributed by atoms with van der Waals surface area (Å²) in [6, 6.07) is 18.1. The fourth-order valence-electron chi connectivity index (χ4n) is 2.62. The molecule has 0 saturated heterocycles. The lowest BCUT2D eigenvalue weighted by atomic mass is 10.2. The zero-order valence-electron chi connectivity index (χ0n) is 16.5. The highest BCUT2D eigenvalue weighted by atomic mass is 19.1. The average molecular weight is 433 g/mol. The molecule has 0 amide bonds. The van der Waals surface area contributed by atoms with Gasteiger partial charge in [-0.25, -0.2) is 14.2 Å². The fraction of sp³-hybridized carbons (Fsp3) is 0. The van der Waals surface area contributed by atoms with Crippen molar-refractivity contribution in [2.24, 2.45) is 5.10 Å². The minimum Gasteiger partial charge on any atom is -0.507 e. The van der Waals surface area contributed by atoms with Gasteiger partial charge in [-0.05, 0) is 60.7 Å². The third kappa shape index (κ3) is 5.51. The Labute approximate surface area is 181 Å². The lowest BCUT2D eigenvalue weighted by Gasteiger charge is -2.10. The van der Waals surface area contributed by atoms with Crippen LogP contribution in [0.2, 0.25) is 0 Å². The Kier molecular flexibility index (Phi) is 6.12. The molecule has 10 heteroatoms. The Hall–Kier alpha value is -4.60. The van der Waals surface area contributed by atoms with Crippen LogP contribution in [0.5, 0.6) is 5.75 Å². The van der Waals surface area contributed by atoms with E-state index in [2.05, 4.69) is 36.1 Å². The molecule has 4 N–H and O–H groups in total. The standard InChI is InChI=1S/C22H17F2N7O/c23-15-5-9-17(10-6-15)26-20-28-21(27-18-11-7-16(24)8-12-18)30-22(29-20)31-25-13-14-3-1-2-4-19(14)32/h1-13,32H,(H3,26,27,28,29,30,31). The van der Waals surface area contributed by atoms with Gasteiger partial charge in [0.1, 0.15) is 17.4 Å². The molecule has 0 fully saturated rings. The molecule has 0 aliphatic carbocycles. The van der Waals surface area contributed by atoms with Crippen LogP contribution in [0.15, 0.2) is 77.9 Å². The van der Waals surface area contributed by atoms with E-state index in [1.54, 1.807) is 24.3 Å². The molecular weight excluding hydrogens is 416 g/mol. The second-order valence-corrected chi connectivity index (χ2v) is 6.50. The van der Waals surface area contributed by atoms with E-state index < -0.39 is 0 Å². The highest BCUT2D eigenvalue weighted by molar-refractivity contribution is 5.83. The minimum atomic E-state index is -0.370. The molecule has 0 radical (unpaired) electrons. The molecular formula is C22H17F2N7O. The third-order valence-corrected chi connectivity index (χ3v) is 4.14. The SMILES string of the molecule is Oc1ccccc1C=NNc1nc(Nc2ccc(F)cc2)nc(Nc2ccc(F)cc2)n1. The Morgan fingerprint density at radius 3 is 1.72 bits per heavy atom. The van der Waals surface area contributed by atoms with Crippen molar-refractivity contribution in [2.75, 3.05) is 16.1 Å². The number of hydrogen-bond acceptors (Lipinski definition) is 8. The predicted molar refractivity (Wildman–Crippen MR) is 119 cm³/mol. The van der Waals surface area contributed by atoms with Crippen LogP contribution in [-0.4, -0.2) is 26.3 Å². The molecule has 8 nitrogen and oxygen atoms in total. The number of benzene rings is 3. The van der Waals surface area contributed by atoms with Crippen LogP contribution in [0.25, 0.3) is 0 Å². The van der Waals surface area contributed by atoms with Crippen molar-refractivity contribution in [2.45, 2.75) is 0 Å². The molecule has 1 heterocycles. The van der Waals surface area contributed by atoms with Crippen LogP contribution in [-0.2, 0) is 0 Å². The van der Waals surface area contributed by atoms with Crippen LogP contribution in [0, 0.1) is 11.6 Å². The average Bonchev–Trinajstić information content (AvgIpc) is 2.78. The van der Waals surface area contributed by atoms with E-state index in [1.165, 1.54) is 54.7 Å². The van der Waals surface area contributed by atoms with Crippen molar-refractivity contribution >= 4 is 35.4 Å². The first kappa shape index (κ1) is 20.7. The van der Waals surface area contributed by atoms with E-state index in [4.69, 9.17) is 0 Å². The predicted octanol–water partition coefficient (Wildman–Crippen LogP) is 4.79. The summed E-state index contributed by atoms with van der Waals surface area (Å²) in [6.07, 6.45) is 1.42. The molecule has 32 heavy (non-hydrogen) atoms. The molecule has 0 atom stereocenters. The van der Waals surface area contributed by atoms with Crippen LogP contribution >= 0.6 is 0 Å². The number of anilines is 5. The molecule has 4 aromatic rings. The Morgan fingerprint density at radius 2 is 1.19 bits per heavy atom. The van der Waals surface area contributed by atoms with E-state index >= 15 is 0 Å². The smallest absolute Gasteiger partial charge is 0.250 e. The number of para-hydroxylation sites is 1. The van der Waals surface area contributed by atoms with Gasteiger partial charge in [-0.1, -0.05) is 12.1 Å². The van der Waals surface area contributed by atoms with Gasteiger partial charge in [0.2, 0.25) is 17.8 Å². The van der Waals surface area contributed by atoms with Gasteiger partial charge in [0.15, 0.2) is 0 Å². The van der Waals surface area contributed by atoms with Gasteiger partial charge in [-0.2, -0.15) is 20.1 Å². The van der Waals surface area contributed by atoms with Crippen molar-refractivity contribution in [3.05, 3.63) is 90.0 Å². The number of phenols is 1. The largest absolute Gasteiger partial charge is 0.507 e. The van der Waals surface area contributed by atoms with E-state index in [9.17, 15) is 13.9 Å². The maximum absolute atomic E-state index is 13.2. The molecule has 4 rings (SSSR count). The van der Waals surface area contributed by atoms with Gasteiger partial charge >= 0.3 is 0 Å². The molecule has 3 aromatic carbocycles. The quantitative estimate of drug-likeness (QED) is 0.245. The number of aromatic hydroxyl groups is 1. The van der Waals surface area contributed by atoms with Gasteiger partial charge < -0.3 is 15.7 Å². The first-order valence-corrected chi connectivity index (χ1v) is 9.43. The summed E-state index contributed by atoms with van der Waals surface area (Å²) in [5.41, 5.74) is 4.32. The van der Waals surface area contributed by atoms with Gasteiger partial charge in [0.25, 0.3) is 0 Å². The maximum atomic E-state index is 13.2. The molecule has 1 aromatic heterocycles. The summed E-state index contributed by atoms with van der Waals surface area (Å²) in [4.78, 5) is 12.8. The van der Waals surface area contributed by atoms with Crippen molar-refractivity contribution in [3.63, 3.8) is 0 Å². The van der Waals surface area contributed by atoms with E-state index in [-0.39, 0.29) is 35.2 Å². The highest BCUT2D eigenvalue weighted by Crippen LogP contribution is 2.19. The second-order valence-electron chi connectivity index (χ2n) is 6.50. The number of halogens is 2. The zero-order valence-corrected chi connectivity index (χ0v) is 16.5. The Morgan fingerprint density at radius 1 is 0.688 bits per heavy atom. The molecule has 0 saturated carbocycles. The number of nitrogens with zero attached hydrogens (tertiary/aromatic N) is 4. The van der Waals surface area contributed by atoms with Crippen LogP contribution < -0.4 is 16.1 Å². The van der Waals surface area contributed by atoms with Gasteiger partial charge in [0.05, 0.1) is 6.21 Å². The van der Waals surface area contributed by atoms with E-state index in [0.717, 1.165) is 0 Å². The molecule has 160 valence electrons. The molecule has 0 spiro atoms. The van der Waals surface area contributed by atoms with Crippen molar-refractivity contribution in [1.82, 2.24) is 15.0 Å². The van der Waals surface area contributed by atoms with Crippen LogP contribution in [0.3, 0.4) is 0 Å². The maximum Gasteiger partial charge on any atom is 0.250 e. The lowest BCUT2D eigenvalue weighted by Crippen LogP contribution is -2.07.